The van der Waals surface area contributed by atoms with Crippen molar-refractivity contribution in [2.45, 2.75) is 32.7 Å². The molecule has 4 nitrogen and oxygen atoms in total. The van der Waals surface area contributed by atoms with E-state index in [1.807, 2.05) is 13.0 Å². The normalized spacial score (nSPS) is 16.9. The molecule has 1 aliphatic rings. The molecule has 0 saturated heterocycles. The number of halogens is 1. The zero-order valence-corrected chi connectivity index (χ0v) is 13.4. The van der Waals surface area contributed by atoms with E-state index in [1.54, 1.807) is 17.0 Å². The summed E-state index contributed by atoms with van der Waals surface area (Å²) >= 11 is 0. The van der Waals surface area contributed by atoms with Gasteiger partial charge in [0.2, 0.25) is 11.8 Å². The van der Waals surface area contributed by atoms with Gasteiger partial charge in [0.1, 0.15) is 5.82 Å². The summed E-state index contributed by atoms with van der Waals surface area (Å²) in [5, 5.41) is 2.77. The standard InChI is InChI=1S/C18H23FN2O2/c1-2-21(18(23)15-6-4-3-5-7-15)13-17(22)20-12-14-8-10-16(19)11-9-14/h3-4,8-11,15H,2,5-7,12-13H2,1H3,(H,20,22)/t15-/m0/s1. The molecule has 1 aliphatic carbocycles. The van der Waals surface area contributed by atoms with E-state index in [2.05, 4.69) is 11.4 Å². The third kappa shape index (κ3) is 5.20. The van der Waals surface area contributed by atoms with Gasteiger partial charge in [-0.1, -0.05) is 24.3 Å². The Balaban J connectivity index is 1.83. The molecule has 23 heavy (non-hydrogen) atoms. The van der Waals surface area contributed by atoms with Crippen LogP contribution in [0.1, 0.15) is 31.7 Å². The quantitative estimate of drug-likeness (QED) is 0.820. The lowest BCUT2D eigenvalue weighted by Gasteiger charge is -2.26. The van der Waals surface area contributed by atoms with Crippen molar-refractivity contribution in [1.29, 1.82) is 0 Å². The van der Waals surface area contributed by atoms with Gasteiger partial charge in [0.05, 0.1) is 6.54 Å². The Kier molecular flexibility index (Phi) is 6.32. The first-order valence-electron chi connectivity index (χ1n) is 8.05. The number of hydrogen-bond donors (Lipinski definition) is 1. The lowest BCUT2D eigenvalue weighted by molar-refractivity contribution is -0.139. The number of allylic oxidation sites excluding steroid dienone is 2. The van der Waals surface area contributed by atoms with E-state index < -0.39 is 0 Å². The van der Waals surface area contributed by atoms with E-state index in [9.17, 15) is 14.0 Å². The van der Waals surface area contributed by atoms with Crippen LogP contribution in [0.5, 0.6) is 0 Å². The maximum atomic E-state index is 12.8. The molecule has 0 spiro atoms. The van der Waals surface area contributed by atoms with E-state index in [1.165, 1.54) is 12.1 Å². The van der Waals surface area contributed by atoms with Crippen molar-refractivity contribution in [2.24, 2.45) is 5.92 Å². The maximum Gasteiger partial charge on any atom is 0.239 e. The number of nitrogens with zero attached hydrogens (tertiary/aromatic N) is 1. The molecule has 0 radical (unpaired) electrons. The molecule has 0 bridgehead atoms. The highest BCUT2D eigenvalue weighted by atomic mass is 19.1. The van der Waals surface area contributed by atoms with Crippen LogP contribution in [0, 0.1) is 11.7 Å². The van der Waals surface area contributed by atoms with E-state index in [0.29, 0.717) is 13.1 Å². The van der Waals surface area contributed by atoms with Gasteiger partial charge in [-0.15, -0.1) is 0 Å². The van der Waals surface area contributed by atoms with Gasteiger partial charge in [0, 0.05) is 19.0 Å². The monoisotopic (exact) mass is 318 g/mol. The predicted molar refractivity (Wildman–Crippen MR) is 87.0 cm³/mol. The second kappa shape index (κ2) is 8.46. The summed E-state index contributed by atoms with van der Waals surface area (Å²) in [5.74, 6) is -0.459. The van der Waals surface area contributed by atoms with Crippen molar-refractivity contribution < 1.29 is 14.0 Å². The van der Waals surface area contributed by atoms with Gasteiger partial charge in [0.15, 0.2) is 0 Å². The second-order valence-corrected chi connectivity index (χ2v) is 5.74. The molecule has 1 aromatic rings. The van der Waals surface area contributed by atoms with Gasteiger partial charge in [-0.25, -0.2) is 4.39 Å². The fraction of sp³-hybridized carbons (Fsp3) is 0.444. The number of benzene rings is 1. The van der Waals surface area contributed by atoms with Crippen molar-refractivity contribution >= 4 is 11.8 Å². The van der Waals surface area contributed by atoms with Crippen molar-refractivity contribution in [3.63, 3.8) is 0 Å². The van der Waals surface area contributed by atoms with Gasteiger partial charge in [0.25, 0.3) is 0 Å². The van der Waals surface area contributed by atoms with Crippen molar-refractivity contribution in [2.75, 3.05) is 13.1 Å². The molecule has 0 aliphatic heterocycles. The summed E-state index contributed by atoms with van der Waals surface area (Å²) in [7, 11) is 0. The first-order chi connectivity index (χ1) is 11.1. The highest BCUT2D eigenvalue weighted by Crippen LogP contribution is 2.20. The van der Waals surface area contributed by atoms with Crippen LogP contribution in [0.2, 0.25) is 0 Å². The maximum absolute atomic E-state index is 12.8. The number of carbonyl (C=O) groups excluding carboxylic acids is 2. The second-order valence-electron chi connectivity index (χ2n) is 5.74. The Bertz CT molecular complexity index is 569. The Morgan fingerprint density at radius 1 is 1.26 bits per heavy atom. The van der Waals surface area contributed by atoms with Crippen molar-refractivity contribution in [3.05, 3.63) is 47.8 Å². The molecule has 0 fully saturated rings. The minimum Gasteiger partial charge on any atom is -0.350 e. The average Bonchev–Trinajstić information content (AvgIpc) is 2.59. The molecule has 2 rings (SSSR count). The van der Waals surface area contributed by atoms with Gasteiger partial charge in [-0.05, 0) is 43.9 Å². The van der Waals surface area contributed by atoms with Crippen molar-refractivity contribution in [3.8, 4) is 0 Å². The third-order valence-corrected chi connectivity index (χ3v) is 4.05. The fourth-order valence-electron chi connectivity index (χ4n) is 2.65. The van der Waals surface area contributed by atoms with Crippen LogP contribution in [-0.2, 0) is 16.1 Å². The van der Waals surface area contributed by atoms with Gasteiger partial charge >= 0.3 is 0 Å². The molecule has 0 saturated carbocycles. The van der Waals surface area contributed by atoms with Crippen LogP contribution in [0.15, 0.2) is 36.4 Å². The van der Waals surface area contributed by atoms with Crippen LogP contribution < -0.4 is 5.32 Å². The fourth-order valence-corrected chi connectivity index (χ4v) is 2.65. The largest absolute Gasteiger partial charge is 0.350 e. The van der Waals surface area contributed by atoms with Gasteiger partial charge < -0.3 is 10.2 Å². The number of nitrogens with one attached hydrogen (secondary N) is 1. The predicted octanol–water partition coefficient (Wildman–Crippen LogP) is 2.65. The molecule has 2 amide bonds. The Morgan fingerprint density at radius 3 is 2.61 bits per heavy atom. The minimum absolute atomic E-state index is 0.00940. The molecule has 124 valence electrons. The number of rotatable bonds is 6. The van der Waals surface area contributed by atoms with E-state index in [-0.39, 0.29) is 30.1 Å². The molecule has 1 atom stereocenters. The van der Waals surface area contributed by atoms with E-state index in [4.69, 9.17) is 0 Å². The molecular weight excluding hydrogens is 295 g/mol. The van der Waals surface area contributed by atoms with Crippen LogP contribution in [0.3, 0.4) is 0 Å². The summed E-state index contributed by atoms with van der Waals surface area (Å²) in [6, 6.07) is 5.99. The zero-order chi connectivity index (χ0) is 16.7. The smallest absolute Gasteiger partial charge is 0.239 e. The third-order valence-electron chi connectivity index (χ3n) is 4.05. The van der Waals surface area contributed by atoms with Crippen LogP contribution >= 0.6 is 0 Å². The molecule has 5 heteroatoms. The van der Waals surface area contributed by atoms with Crippen molar-refractivity contribution in [1.82, 2.24) is 10.2 Å². The zero-order valence-electron chi connectivity index (χ0n) is 13.4. The van der Waals surface area contributed by atoms with Gasteiger partial charge in [-0.3, -0.25) is 9.59 Å². The van der Waals surface area contributed by atoms with E-state index in [0.717, 1.165) is 24.8 Å². The summed E-state index contributed by atoms with van der Waals surface area (Å²) in [6.45, 7) is 2.79. The van der Waals surface area contributed by atoms with Crippen LogP contribution in [0.25, 0.3) is 0 Å². The summed E-state index contributed by atoms with van der Waals surface area (Å²) in [6.07, 6.45) is 6.66. The summed E-state index contributed by atoms with van der Waals surface area (Å²) in [4.78, 5) is 26.1. The lowest BCUT2D eigenvalue weighted by atomic mass is 9.93. The highest BCUT2D eigenvalue weighted by molar-refractivity contribution is 5.86. The van der Waals surface area contributed by atoms with Crippen LogP contribution in [0.4, 0.5) is 4.39 Å². The number of hydrogen-bond acceptors (Lipinski definition) is 2. The number of amides is 2. The summed E-state index contributed by atoms with van der Waals surface area (Å²) < 4.78 is 12.8. The van der Waals surface area contributed by atoms with Gasteiger partial charge in [-0.2, -0.15) is 0 Å². The molecule has 1 N–H and O–H groups in total. The first kappa shape index (κ1) is 17.2. The Morgan fingerprint density at radius 2 is 2.00 bits per heavy atom. The molecular formula is C18H23FN2O2. The Hall–Kier alpha value is -2.17. The topological polar surface area (TPSA) is 49.4 Å². The van der Waals surface area contributed by atoms with Crippen LogP contribution in [-0.4, -0.2) is 29.8 Å². The molecule has 1 aromatic carbocycles. The lowest BCUT2D eigenvalue weighted by Crippen LogP contribution is -2.43. The average molecular weight is 318 g/mol. The molecule has 0 unspecified atom stereocenters. The van der Waals surface area contributed by atoms with E-state index >= 15 is 0 Å². The summed E-state index contributed by atoms with van der Waals surface area (Å²) in [5.41, 5.74) is 0.826. The highest BCUT2D eigenvalue weighted by Gasteiger charge is 2.24. The number of carbonyl (C=O) groups is 2. The minimum atomic E-state index is -0.302. The Labute approximate surface area is 136 Å². The SMILES string of the molecule is CCN(CC(=O)NCc1ccc(F)cc1)C(=O)[C@H]1CC=CCC1. The molecule has 0 aromatic heterocycles. The first-order valence-corrected chi connectivity index (χ1v) is 8.05. The number of likely N-dealkylation sites (N-methyl/N-ethyl adjacent to an activating group) is 1. The molecule has 0 heterocycles.